The van der Waals surface area contributed by atoms with Gasteiger partial charge in [0, 0.05) is 31.6 Å². The van der Waals surface area contributed by atoms with Crippen LogP contribution in [0.3, 0.4) is 0 Å². The molecular formula is C28H36O6S2. The summed E-state index contributed by atoms with van der Waals surface area (Å²) in [6.45, 7) is 6.90. The average Bonchev–Trinajstić information content (AvgIpc) is 2.77. The van der Waals surface area contributed by atoms with E-state index in [2.05, 4.69) is 0 Å². The highest BCUT2D eigenvalue weighted by Crippen LogP contribution is 2.26. The Balaban J connectivity index is 1.99. The van der Waals surface area contributed by atoms with Gasteiger partial charge >= 0.3 is 11.9 Å². The largest absolute Gasteiger partial charge is 0.481 e. The number of unbranched alkanes of at least 4 members (excludes halogenated alkanes) is 2. The highest BCUT2D eigenvalue weighted by Gasteiger charge is 2.26. The maximum Gasteiger partial charge on any atom is 0.309 e. The molecule has 6 nitrogen and oxygen atoms in total. The van der Waals surface area contributed by atoms with E-state index in [1.807, 2.05) is 12.2 Å². The minimum atomic E-state index is -0.798. The third kappa shape index (κ3) is 9.82. The number of hydrogen-bond donors (Lipinski definition) is 2. The predicted octanol–water partition coefficient (Wildman–Crippen LogP) is 6.35. The molecule has 8 heteroatoms. The molecule has 36 heavy (non-hydrogen) atoms. The van der Waals surface area contributed by atoms with E-state index in [9.17, 15) is 29.4 Å². The highest BCUT2D eigenvalue weighted by molar-refractivity contribution is 7.13. The summed E-state index contributed by atoms with van der Waals surface area (Å²) in [5.41, 5.74) is -1.63. The number of carboxylic acids is 2. The molecule has 0 unspecified atom stereocenters. The van der Waals surface area contributed by atoms with Crippen LogP contribution in [0.5, 0.6) is 0 Å². The first-order valence-electron chi connectivity index (χ1n) is 12.2. The van der Waals surface area contributed by atoms with Crippen LogP contribution in [-0.4, -0.2) is 22.2 Å². The molecule has 0 aliphatic heterocycles. The van der Waals surface area contributed by atoms with Crippen LogP contribution in [-0.2, 0) is 22.4 Å². The third-order valence-electron chi connectivity index (χ3n) is 6.19. The maximum absolute atomic E-state index is 12.2. The summed E-state index contributed by atoms with van der Waals surface area (Å²) in [4.78, 5) is 50.4. The SMILES string of the molecule is CC(C)(CCCCc1cc(=O)cc(/C=C\c2cc(=O)cc(CCCCC(C)(C)C(=O)O)s2)s1)C(=O)O. The summed E-state index contributed by atoms with van der Waals surface area (Å²) in [5, 5.41) is 18.5. The van der Waals surface area contributed by atoms with Gasteiger partial charge in [0.05, 0.1) is 10.8 Å². The fraction of sp³-hybridized carbons (Fsp3) is 0.500. The molecule has 0 saturated heterocycles. The van der Waals surface area contributed by atoms with Crippen molar-refractivity contribution in [3.8, 4) is 0 Å². The Morgan fingerprint density at radius 3 is 1.39 bits per heavy atom. The molecule has 196 valence electrons. The minimum Gasteiger partial charge on any atom is -0.481 e. The van der Waals surface area contributed by atoms with E-state index in [-0.39, 0.29) is 10.9 Å². The smallest absolute Gasteiger partial charge is 0.309 e. The van der Waals surface area contributed by atoms with Gasteiger partial charge < -0.3 is 10.2 Å². The Bertz CT molecular complexity index is 1110. The van der Waals surface area contributed by atoms with Gasteiger partial charge in [0.1, 0.15) is 0 Å². The second kappa shape index (κ2) is 13.1. The number of rotatable bonds is 14. The van der Waals surface area contributed by atoms with Crippen LogP contribution in [0.1, 0.15) is 85.7 Å². The molecule has 0 atom stereocenters. The van der Waals surface area contributed by atoms with Crippen LogP contribution in [0.2, 0.25) is 0 Å². The van der Waals surface area contributed by atoms with Crippen LogP contribution < -0.4 is 10.9 Å². The Hall–Kier alpha value is -2.58. The molecule has 0 aliphatic carbocycles. The molecule has 0 aliphatic rings. The van der Waals surface area contributed by atoms with Crippen molar-refractivity contribution in [2.45, 2.75) is 79.1 Å². The molecule has 2 rings (SSSR count). The second-order valence-electron chi connectivity index (χ2n) is 10.4. The van der Waals surface area contributed by atoms with E-state index < -0.39 is 22.8 Å². The summed E-state index contributed by atoms with van der Waals surface area (Å²) in [6, 6.07) is 6.42. The van der Waals surface area contributed by atoms with Gasteiger partial charge in [-0.25, -0.2) is 0 Å². The van der Waals surface area contributed by atoms with Gasteiger partial charge in [0.25, 0.3) is 0 Å². The Kier molecular flexibility index (Phi) is 10.8. The summed E-state index contributed by atoms with van der Waals surface area (Å²) in [7, 11) is 0. The van der Waals surface area contributed by atoms with Crippen molar-refractivity contribution in [3.63, 3.8) is 0 Å². The van der Waals surface area contributed by atoms with Crippen molar-refractivity contribution in [2.75, 3.05) is 0 Å². The molecule has 2 aromatic heterocycles. The van der Waals surface area contributed by atoms with Crippen molar-refractivity contribution in [2.24, 2.45) is 10.8 Å². The van der Waals surface area contributed by atoms with Gasteiger partial charge in [0.15, 0.2) is 10.9 Å². The van der Waals surface area contributed by atoms with Crippen molar-refractivity contribution in [1.82, 2.24) is 0 Å². The number of hydrogen-bond acceptors (Lipinski definition) is 6. The van der Waals surface area contributed by atoms with Gasteiger partial charge in [-0.3, -0.25) is 19.2 Å². The van der Waals surface area contributed by atoms with Gasteiger partial charge in [-0.15, -0.1) is 22.7 Å². The second-order valence-corrected chi connectivity index (χ2v) is 12.8. The third-order valence-corrected chi connectivity index (χ3v) is 8.34. The topological polar surface area (TPSA) is 109 Å². The Morgan fingerprint density at radius 1 is 0.694 bits per heavy atom. The number of carboxylic acid groups (broad SMARTS) is 2. The lowest BCUT2D eigenvalue weighted by Gasteiger charge is -2.18. The van der Waals surface area contributed by atoms with Gasteiger partial charge in [-0.05, 0) is 90.5 Å². The first kappa shape index (κ1) is 29.6. The monoisotopic (exact) mass is 532 g/mol. The van der Waals surface area contributed by atoms with Gasteiger partial charge in [-0.2, -0.15) is 0 Å². The molecule has 0 amide bonds. The van der Waals surface area contributed by atoms with Crippen molar-refractivity contribution < 1.29 is 19.8 Å². The number of carbonyl (C=O) groups is 2. The molecule has 0 spiro atoms. The summed E-state index contributed by atoms with van der Waals surface area (Å²) in [6.07, 6.45) is 9.50. The van der Waals surface area contributed by atoms with E-state index in [0.717, 1.165) is 58.0 Å². The molecule has 0 bridgehead atoms. The zero-order chi connectivity index (χ0) is 26.9. The van der Waals surface area contributed by atoms with Crippen LogP contribution >= 0.6 is 22.7 Å². The first-order valence-corrected chi connectivity index (χ1v) is 13.8. The fourth-order valence-corrected chi connectivity index (χ4v) is 5.69. The molecule has 2 aromatic rings. The lowest BCUT2D eigenvalue weighted by Crippen LogP contribution is -2.23. The minimum absolute atomic E-state index is 0.0690. The lowest BCUT2D eigenvalue weighted by molar-refractivity contribution is -0.148. The van der Waals surface area contributed by atoms with Gasteiger partial charge in [-0.1, -0.05) is 12.8 Å². The Morgan fingerprint density at radius 2 is 1.06 bits per heavy atom. The van der Waals surface area contributed by atoms with Crippen LogP contribution in [0, 0.1) is 10.8 Å². The van der Waals surface area contributed by atoms with Crippen LogP contribution in [0.4, 0.5) is 0 Å². The van der Waals surface area contributed by atoms with Crippen molar-refractivity contribution in [1.29, 1.82) is 0 Å². The van der Waals surface area contributed by atoms with E-state index in [1.54, 1.807) is 52.0 Å². The fourth-order valence-electron chi connectivity index (χ4n) is 3.62. The molecule has 0 radical (unpaired) electrons. The molecule has 0 saturated carbocycles. The molecule has 0 aromatic carbocycles. The first-order chi connectivity index (χ1) is 16.8. The summed E-state index contributed by atoms with van der Waals surface area (Å²) in [5.74, 6) is -1.60. The quantitative estimate of drug-likeness (QED) is 0.275. The normalized spacial score (nSPS) is 12.2. The molecule has 2 heterocycles. The van der Waals surface area contributed by atoms with E-state index in [4.69, 9.17) is 0 Å². The highest BCUT2D eigenvalue weighted by atomic mass is 32.1. The van der Waals surface area contributed by atoms with Crippen LogP contribution in [0.25, 0.3) is 12.2 Å². The van der Waals surface area contributed by atoms with Gasteiger partial charge in [0.2, 0.25) is 0 Å². The number of aliphatic carboxylic acids is 2. The van der Waals surface area contributed by atoms with Crippen molar-refractivity contribution in [3.05, 3.63) is 64.2 Å². The summed E-state index contributed by atoms with van der Waals surface area (Å²) < 4.78 is 0. The lowest BCUT2D eigenvalue weighted by atomic mass is 9.87. The summed E-state index contributed by atoms with van der Waals surface area (Å²) >= 11 is 3.05. The van der Waals surface area contributed by atoms with E-state index >= 15 is 0 Å². The predicted molar refractivity (Wildman–Crippen MR) is 148 cm³/mol. The maximum atomic E-state index is 12.2. The average molecular weight is 533 g/mol. The molecule has 2 N–H and O–H groups in total. The van der Waals surface area contributed by atoms with E-state index in [1.165, 1.54) is 22.7 Å². The van der Waals surface area contributed by atoms with Crippen LogP contribution in [0.15, 0.2) is 33.9 Å². The van der Waals surface area contributed by atoms with Crippen molar-refractivity contribution >= 4 is 46.8 Å². The molecule has 0 fully saturated rings. The van der Waals surface area contributed by atoms with E-state index in [0.29, 0.717) is 12.8 Å². The standard InChI is InChI=1S/C28H36O6S2/c1-27(2,25(31)32)13-7-5-9-21-15-19(29)17-23(35-21)11-12-24-18-20(30)16-22(36-24)10-6-8-14-28(3,4)26(33)34/h11-12,15-18H,5-10,13-14H2,1-4H3,(H,31,32)(H,33,34)/b12-11-. The molecular weight excluding hydrogens is 496 g/mol. The number of aryl methyl sites for hydroxylation is 2. The zero-order valence-corrected chi connectivity index (χ0v) is 23.1. The zero-order valence-electron chi connectivity index (χ0n) is 21.5. The Labute approximate surface area is 220 Å².